The molecule has 1 aliphatic rings. The third kappa shape index (κ3) is 3.98. The zero-order valence-electron chi connectivity index (χ0n) is 11.2. The third-order valence-corrected chi connectivity index (χ3v) is 3.39. The summed E-state index contributed by atoms with van der Waals surface area (Å²) in [6, 6.07) is 3.23. The van der Waals surface area contributed by atoms with Crippen molar-refractivity contribution in [3.8, 4) is 0 Å². The maximum Gasteiger partial charge on any atom is 0.287 e. The number of nitrogens with one attached hydrogen (secondary N) is 2. The lowest BCUT2D eigenvalue weighted by Gasteiger charge is -2.22. The Morgan fingerprint density at radius 3 is 2.50 bits per heavy atom. The molecule has 0 unspecified atom stereocenters. The minimum absolute atomic E-state index is 0. The van der Waals surface area contributed by atoms with E-state index in [1.54, 1.807) is 12.1 Å². The Morgan fingerprint density at radius 1 is 1.25 bits per heavy atom. The standard InChI is InChI=1S/C13H19N3O3.ClH/c14-13(5-1-2-6-13)12(18)16-8-7-15-11(17)10-4-3-9-19-10;/h3-4,9H,1-2,5-8,14H2,(H,15,17)(H,16,18);1H. The van der Waals surface area contributed by atoms with Gasteiger partial charge in [0.25, 0.3) is 5.91 Å². The van der Waals surface area contributed by atoms with Crippen molar-refractivity contribution in [3.05, 3.63) is 24.2 Å². The van der Waals surface area contributed by atoms with Crippen molar-refractivity contribution < 1.29 is 14.0 Å². The second kappa shape index (κ2) is 7.31. The van der Waals surface area contributed by atoms with Gasteiger partial charge in [0.2, 0.25) is 5.91 Å². The highest BCUT2D eigenvalue weighted by atomic mass is 35.5. The third-order valence-electron chi connectivity index (χ3n) is 3.39. The molecule has 0 spiro atoms. The molecule has 1 fully saturated rings. The number of rotatable bonds is 5. The van der Waals surface area contributed by atoms with Gasteiger partial charge in [-0.1, -0.05) is 12.8 Å². The Morgan fingerprint density at radius 2 is 1.90 bits per heavy atom. The monoisotopic (exact) mass is 301 g/mol. The van der Waals surface area contributed by atoms with E-state index < -0.39 is 5.54 Å². The molecule has 1 aromatic rings. The summed E-state index contributed by atoms with van der Waals surface area (Å²) in [6.07, 6.45) is 4.91. The molecule has 2 rings (SSSR count). The van der Waals surface area contributed by atoms with E-state index in [1.807, 2.05) is 0 Å². The zero-order chi connectivity index (χ0) is 13.7. The Balaban J connectivity index is 0.00000200. The van der Waals surface area contributed by atoms with Gasteiger partial charge in [-0.3, -0.25) is 9.59 Å². The molecule has 0 bridgehead atoms. The van der Waals surface area contributed by atoms with Crippen LogP contribution < -0.4 is 16.4 Å². The lowest BCUT2D eigenvalue weighted by atomic mass is 9.98. The molecule has 0 aromatic carbocycles. The van der Waals surface area contributed by atoms with Crippen LogP contribution in [-0.4, -0.2) is 30.4 Å². The molecule has 6 nitrogen and oxygen atoms in total. The number of furan rings is 1. The van der Waals surface area contributed by atoms with Gasteiger partial charge < -0.3 is 20.8 Å². The first kappa shape index (κ1) is 16.5. The minimum Gasteiger partial charge on any atom is -0.459 e. The van der Waals surface area contributed by atoms with Gasteiger partial charge in [-0.15, -0.1) is 12.4 Å². The van der Waals surface area contributed by atoms with Gasteiger partial charge in [0.1, 0.15) is 0 Å². The lowest BCUT2D eigenvalue weighted by Crippen LogP contribution is -2.53. The molecule has 1 saturated carbocycles. The molecular weight excluding hydrogens is 282 g/mol. The predicted octanol–water partition coefficient (Wildman–Crippen LogP) is 0.819. The van der Waals surface area contributed by atoms with Crippen LogP contribution in [0.3, 0.4) is 0 Å². The highest BCUT2D eigenvalue weighted by Gasteiger charge is 2.36. The molecule has 0 radical (unpaired) electrons. The van der Waals surface area contributed by atoms with Gasteiger partial charge in [0.15, 0.2) is 5.76 Å². The van der Waals surface area contributed by atoms with Crippen LogP contribution in [0.1, 0.15) is 36.2 Å². The van der Waals surface area contributed by atoms with Crippen molar-refractivity contribution in [3.63, 3.8) is 0 Å². The SMILES string of the molecule is Cl.NC1(C(=O)NCCNC(=O)c2ccco2)CCCC1. The molecule has 1 heterocycles. The first-order valence-corrected chi connectivity index (χ1v) is 6.51. The van der Waals surface area contributed by atoms with Crippen molar-refractivity contribution in [2.45, 2.75) is 31.2 Å². The van der Waals surface area contributed by atoms with Gasteiger partial charge in [0, 0.05) is 13.1 Å². The fraction of sp³-hybridized carbons (Fsp3) is 0.538. The van der Waals surface area contributed by atoms with Crippen LogP contribution in [0.4, 0.5) is 0 Å². The quantitative estimate of drug-likeness (QED) is 0.701. The topological polar surface area (TPSA) is 97.4 Å². The normalized spacial score (nSPS) is 16.2. The Kier molecular flexibility index (Phi) is 6.04. The van der Waals surface area contributed by atoms with Crippen LogP contribution in [0.2, 0.25) is 0 Å². The molecule has 0 aliphatic heterocycles. The number of amides is 2. The summed E-state index contributed by atoms with van der Waals surface area (Å²) in [5.41, 5.74) is 5.29. The van der Waals surface area contributed by atoms with Gasteiger partial charge in [-0.25, -0.2) is 0 Å². The van der Waals surface area contributed by atoms with Crippen molar-refractivity contribution in [2.75, 3.05) is 13.1 Å². The first-order chi connectivity index (χ1) is 9.12. The number of hydrogen-bond acceptors (Lipinski definition) is 4. The molecule has 2 amide bonds. The van der Waals surface area contributed by atoms with E-state index in [1.165, 1.54) is 6.26 Å². The molecule has 1 aromatic heterocycles. The summed E-state index contributed by atoms with van der Waals surface area (Å²) in [5.74, 6) is -0.155. The summed E-state index contributed by atoms with van der Waals surface area (Å²) >= 11 is 0. The molecule has 4 N–H and O–H groups in total. The molecule has 0 saturated heterocycles. The average molecular weight is 302 g/mol. The Labute approximate surface area is 123 Å². The summed E-state index contributed by atoms with van der Waals surface area (Å²) in [5, 5.41) is 5.41. The molecule has 7 heteroatoms. The van der Waals surface area contributed by atoms with E-state index in [-0.39, 0.29) is 30.0 Å². The van der Waals surface area contributed by atoms with E-state index in [0.717, 1.165) is 25.7 Å². The van der Waals surface area contributed by atoms with E-state index in [2.05, 4.69) is 10.6 Å². The number of halogens is 1. The highest BCUT2D eigenvalue weighted by molar-refractivity contribution is 5.91. The van der Waals surface area contributed by atoms with Gasteiger partial charge in [0.05, 0.1) is 11.8 Å². The van der Waals surface area contributed by atoms with Crippen molar-refractivity contribution in [2.24, 2.45) is 5.73 Å². The highest BCUT2D eigenvalue weighted by Crippen LogP contribution is 2.26. The fourth-order valence-corrected chi connectivity index (χ4v) is 2.26. The Hall–Kier alpha value is -1.53. The average Bonchev–Trinajstić information content (AvgIpc) is 3.05. The molecule has 0 atom stereocenters. The molecule has 20 heavy (non-hydrogen) atoms. The second-order valence-electron chi connectivity index (χ2n) is 4.85. The number of carbonyl (C=O) groups excluding carboxylic acids is 2. The summed E-state index contributed by atoms with van der Waals surface area (Å²) < 4.78 is 4.95. The van der Waals surface area contributed by atoms with Crippen LogP contribution in [0.15, 0.2) is 22.8 Å². The Bertz CT molecular complexity index is 442. The van der Waals surface area contributed by atoms with Crippen LogP contribution in [0.5, 0.6) is 0 Å². The number of nitrogens with two attached hydrogens (primary N) is 1. The van der Waals surface area contributed by atoms with Crippen LogP contribution in [-0.2, 0) is 4.79 Å². The molecular formula is C13H20ClN3O3. The maximum atomic E-state index is 11.9. The van der Waals surface area contributed by atoms with E-state index in [9.17, 15) is 9.59 Å². The van der Waals surface area contributed by atoms with Crippen molar-refractivity contribution >= 4 is 24.2 Å². The lowest BCUT2D eigenvalue weighted by molar-refractivity contribution is -0.126. The van der Waals surface area contributed by atoms with Crippen LogP contribution in [0.25, 0.3) is 0 Å². The van der Waals surface area contributed by atoms with Crippen LogP contribution >= 0.6 is 12.4 Å². The summed E-state index contributed by atoms with van der Waals surface area (Å²) in [6.45, 7) is 0.714. The summed E-state index contributed by atoms with van der Waals surface area (Å²) in [7, 11) is 0. The maximum absolute atomic E-state index is 11.9. The fourth-order valence-electron chi connectivity index (χ4n) is 2.26. The first-order valence-electron chi connectivity index (χ1n) is 6.51. The largest absolute Gasteiger partial charge is 0.459 e. The molecule has 112 valence electrons. The second-order valence-corrected chi connectivity index (χ2v) is 4.85. The van der Waals surface area contributed by atoms with E-state index >= 15 is 0 Å². The molecule has 1 aliphatic carbocycles. The van der Waals surface area contributed by atoms with E-state index in [0.29, 0.717) is 13.1 Å². The van der Waals surface area contributed by atoms with Crippen molar-refractivity contribution in [1.82, 2.24) is 10.6 Å². The van der Waals surface area contributed by atoms with Gasteiger partial charge >= 0.3 is 0 Å². The minimum atomic E-state index is -0.717. The van der Waals surface area contributed by atoms with Gasteiger partial charge in [-0.2, -0.15) is 0 Å². The number of hydrogen-bond donors (Lipinski definition) is 3. The van der Waals surface area contributed by atoms with Gasteiger partial charge in [-0.05, 0) is 25.0 Å². The van der Waals surface area contributed by atoms with Crippen molar-refractivity contribution in [1.29, 1.82) is 0 Å². The number of carbonyl (C=O) groups is 2. The predicted molar refractivity (Wildman–Crippen MR) is 76.7 cm³/mol. The smallest absolute Gasteiger partial charge is 0.287 e. The van der Waals surface area contributed by atoms with Crippen LogP contribution in [0, 0.1) is 0 Å². The zero-order valence-corrected chi connectivity index (χ0v) is 12.0. The summed E-state index contributed by atoms with van der Waals surface area (Å²) in [4.78, 5) is 23.4. The van der Waals surface area contributed by atoms with E-state index in [4.69, 9.17) is 10.2 Å².